The molecule has 3 rings (SSSR count). The summed E-state index contributed by atoms with van der Waals surface area (Å²) in [4.78, 5) is 10.8. The molecule has 0 aromatic carbocycles. The molecular weight excluding hydrogens is 312 g/mol. The topological polar surface area (TPSA) is 119 Å². The Bertz CT molecular complexity index is 767. The third-order valence-electron chi connectivity index (χ3n) is 3.55. The van der Waals surface area contributed by atoms with Gasteiger partial charge >= 0.3 is 5.97 Å². The molecule has 1 N–H and O–H groups in total. The Morgan fingerprint density at radius 1 is 1.45 bits per heavy atom. The minimum atomic E-state index is -3.68. The van der Waals surface area contributed by atoms with Crippen molar-refractivity contribution in [3.05, 3.63) is 30.3 Å². The number of nitrogens with zero attached hydrogens (tertiary/aromatic N) is 4. The normalized spacial score (nSPS) is 20.1. The third kappa shape index (κ3) is 2.62. The summed E-state index contributed by atoms with van der Waals surface area (Å²) in [5, 5.41) is 16.1. The lowest BCUT2D eigenvalue weighted by molar-refractivity contribution is 0.0690. The highest BCUT2D eigenvalue weighted by molar-refractivity contribution is 7.89. The van der Waals surface area contributed by atoms with Gasteiger partial charge in [0.1, 0.15) is 0 Å². The lowest BCUT2D eigenvalue weighted by Crippen LogP contribution is -2.40. The molecule has 0 bridgehead atoms. The zero-order valence-corrected chi connectivity index (χ0v) is 12.3. The molecule has 118 valence electrons. The second-order valence-corrected chi connectivity index (χ2v) is 6.85. The second kappa shape index (κ2) is 5.54. The van der Waals surface area contributed by atoms with Crippen LogP contribution in [-0.4, -0.2) is 51.9 Å². The highest BCUT2D eigenvalue weighted by Crippen LogP contribution is 2.26. The number of sulfonamides is 1. The Hall–Kier alpha value is -2.20. The highest BCUT2D eigenvalue weighted by atomic mass is 32.2. The van der Waals surface area contributed by atoms with E-state index in [0.717, 1.165) is 0 Å². The van der Waals surface area contributed by atoms with E-state index < -0.39 is 16.0 Å². The number of hydrogen-bond acceptors (Lipinski definition) is 6. The first-order valence-electron chi connectivity index (χ1n) is 6.67. The van der Waals surface area contributed by atoms with Crippen LogP contribution < -0.4 is 0 Å². The molecule has 2 aromatic heterocycles. The van der Waals surface area contributed by atoms with Gasteiger partial charge in [0.05, 0.1) is 18.5 Å². The van der Waals surface area contributed by atoms with Gasteiger partial charge in [0, 0.05) is 13.1 Å². The molecular formula is C12H14N4O5S. The largest absolute Gasteiger partial charge is 0.476 e. The van der Waals surface area contributed by atoms with Crippen molar-refractivity contribution in [1.29, 1.82) is 0 Å². The lowest BCUT2D eigenvalue weighted by Gasteiger charge is -2.30. The zero-order chi connectivity index (χ0) is 15.7. The molecule has 3 heterocycles. The van der Waals surface area contributed by atoms with Gasteiger partial charge in [-0.25, -0.2) is 17.9 Å². The van der Waals surface area contributed by atoms with Crippen molar-refractivity contribution in [1.82, 2.24) is 19.3 Å². The smallest absolute Gasteiger partial charge is 0.358 e. The van der Waals surface area contributed by atoms with Crippen LogP contribution >= 0.6 is 0 Å². The van der Waals surface area contributed by atoms with Gasteiger partial charge in [0.25, 0.3) is 10.0 Å². The summed E-state index contributed by atoms with van der Waals surface area (Å²) in [7, 11) is -3.68. The minimum Gasteiger partial charge on any atom is -0.476 e. The van der Waals surface area contributed by atoms with E-state index in [1.54, 1.807) is 0 Å². The van der Waals surface area contributed by atoms with Gasteiger partial charge in [-0.2, -0.15) is 4.31 Å². The fraction of sp³-hybridized carbons (Fsp3) is 0.417. The van der Waals surface area contributed by atoms with E-state index in [-0.39, 0.29) is 23.4 Å². The summed E-state index contributed by atoms with van der Waals surface area (Å²) >= 11 is 0. The van der Waals surface area contributed by atoms with Gasteiger partial charge in [0.15, 0.2) is 5.69 Å². The predicted molar refractivity (Wildman–Crippen MR) is 72.7 cm³/mol. The Morgan fingerprint density at radius 3 is 2.91 bits per heavy atom. The molecule has 22 heavy (non-hydrogen) atoms. The van der Waals surface area contributed by atoms with Crippen molar-refractivity contribution in [3.8, 4) is 0 Å². The molecule has 1 aliphatic heterocycles. The van der Waals surface area contributed by atoms with E-state index in [4.69, 9.17) is 9.52 Å². The number of furan rings is 1. The minimum absolute atomic E-state index is 0.0991. The molecule has 2 aromatic rings. The summed E-state index contributed by atoms with van der Waals surface area (Å²) < 4.78 is 32.6. The van der Waals surface area contributed by atoms with Gasteiger partial charge < -0.3 is 9.52 Å². The maximum Gasteiger partial charge on any atom is 0.358 e. The molecule has 0 aliphatic carbocycles. The standard InChI is InChI=1S/C12H14N4O5S/c17-12(18)10-8-16(14-13-10)9-3-1-5-15(7-9)22(19,20)11-4-2-6-21-11/h2,4,6,8-9H,1,3,5,7H2,(H,17,18). The van der Waals surface area contributed by atoms with Crippen LogP contribution in [0.25, 0.3) is 0 Å². The van der Waals surface area contributed by atoms with Crippen LogP contribution in [0, 0.1) is 0 Å². The quantitative estimate of drug-likeness (QED) is 0.873. The van der Waals surface area contributed by atoms with Crippen molar-refractivity contribution in [2.24, 2.45) is 0 Å². The summed E-state index contributed by atoms with van der Waals surface area (Å²) in [6.07, 6.45) is 3.97. The van der Waals surface area contributed by atoms with Crippen LogP contribution in [0.5, 0.6) is 0 Å². The van der Waals surface area contributed by atoms with Crippen molar-refractivity contribution < 1.29 is 22.7 Å². The van der Waals surface area contributed by atoms with E-state index in [9.17, 15) is 13.2 Å². The summed E-state index contributed by atoms with van der Waals surface area (Å²) in [6.45, 7) is 0.589. The fourth-order valence-corrected chi connectivity index (χ4v) is 3.87. The van der Waals surface area contributed by atoms with Gasteiger partial charge in [-0.3, -0.25) is 0 Å². The molecule has 1 fully saturated rings. The SMILES string of the molecule is O=C(O)c1cn(C2CCCN(S(=O)(=O)c3ccco3)C2)nn1. The Kier molecular flexibility index (Phi) is 3.71. The van der Waals surface area contributed by atoms with Crippen LogP contribution in [-0.2, 0) is 10.0 Å². The van der Waals surface area contributed by atoms with Crippen molar-refractivity contribution >= 4 is 16.0 Å². The third-order valence-corrected chi connectivity index (χ3v) is 5.30. The molecule has 1 saturated heterocycles. The highest BCUT2D eigenvalue weighted by Gasteiger charge is 2.33. The van der Waals surface area contributed by atoms with Crippen LogP contribution in [0.3, 0.4) is 0 Å². The van der Waals surface area contributed by atoms with E-state index in [0.29, 0.717) is 19.4 Å². The molecule has 1 aliphatic rings. The molecule has 0 spiro atoms. The Morgan fingerprint density at radius 2 is 2.27 bits per heavy atom. The first-order chi connectivity index (χ1) is 10.5. The van der Waals surface area contributed by atoms with Gasteiger partial charge in [-0.15, -0.1) is 5.10 Å². The number of carboxylic acids is 1. The molecule has 9 nitrogen and oxygen atoms in total. The number of hydrogen-bond donors (Lipinski definition) is 1. The van der Waals surface area contributed by atoms with Crippen LogP contribution in [0.2, 0.25) is 0 Å². The second-order valence-electron chi connectivity index (χ2n) is 4.98. The lowest BCUT2D eigenvalue weighted by atomic mass is 10.1. The molecule has 0 amide bonds. The number of aromatic carboxylic acids is 1. The maximum atomic E-state index is 12.4. The molecule has 10 heteroatoms. The average Bonchev–Trinajstić information content (AvgIpc) is 3.19. The zero-order valence-electron chi connectivity index (χ0n) is 11.5. The first-order valence-corrected chi connectivity index (χ1v) is 8.11. The van der Waals surface area contributed by atoms with Gasteiger partial charge in [-0.05, 0) is 25.0 Å². The van der Waals surface area contributed by atoms with Gasteiger partial charge in [-0.1, -0.05) is 5.21 Å². The van der Waals surface area contributed by atoms with Crippen molar-refractivity contribution in [2.45, 2.75) is 24.0 Å². The Labute approximate surface area is 126 Å². The van der Waals surface area contributed by atoms with E-state index in [1.807, 2.05) is 0 Å². The summed E-state index contributed by atoms with van der Waals surface area (Å²) in [5.41, 5.74) is -0.161. The first kappa shape index (κ1) is 14.7. The number of aromatic nitrogens is 3. The van der Waals surface area contributed by atoms with Crippen molar-refractivity contribution in [2.75, 3.05) is 13.1 Å². The summed E-state index contributed by atoms with van der Waals surface area (Å²) in [6, 6.07) is 2.67. The predicted octanol–water partition coefficient (Wildman–Crippen LogP) is 0.595. The molecule has 1 atom stereocenters. The molecule has 0 saturated carbocycles. The maximum absolute atomic E-state index is 12.4. The number of piperidine rings is 1. The fourth-order valence-electron chi connectivity index (χ4n) is 2.45. The summed E-state index contributed by atoms with van der Waals surface area (Å²) in [5.74, 6) is -1.16. The number of carboxylic acid groups (broad SMARTS) is 1. The van der Waals surface area contributed by atoms with Crippen LogP contribution in [0.4, 0.5) is 0 Å². The molecule has 0 radical (unpaired) electrons. The van der Waals surface area contributed by atoms with Crippen LogP contribution in [0.1, 0.15) is 29.4 Å². The molecule has 1 unspecified atom stereocenters. The van der Waals surface area contributed by atoms with Crippen LogP contribution in [0.15, 0.2) is 34.1 Å². The van der Waals surface area contributed by atoms with E-state index >= 15 is 0 Å². The Balaban J connectivity index is 1.81. The monoisotopic (exact) mass is 326 g/mol. The van der Waals surface area contributed by atoms with Crippen molar-refractivity contribution in [3.63, 3.8) is 0 Å². The van der Waals surface area contributed by atoms with E-state index in [2.05, 4.69) is 10.3 Å². The number of rotatable bonds is 4. The average molecular weight is 326 g/mol. The number of carbonyl (C=O) groups is 1. The van der Waals surface area contributed by atoms with E-state index in [1.165, 1.54) is 33.6 Å². The van der Waals surface area contributed by atoms with Gasteiger partial charge in [0.2, 0.25) is 5.09 Å².